The maximum atomic E-state index is 14.5. The SMILES string of the molecule is COc1cccc(CN(C(=O)C2=C(c3ccc(OCCN(C)c4ccccc4)cc3)C[C@H]3CNC[C@H]2N3)C2CC2)c1C. The number of rotatable bonds is 11. The zero-order chi connectivity index (χ0) is 29.1. The van der Waals surface area contributed by atoms with Crippen LogP contribution in [-0.2, 0) is 11.3 Å². The largest absolute Gasteiger partial charge is 0.496 e. The van der Waals surface area contributed by atoms with Crippen molar-refractivity contribution in [1.29, 1.82) is 0 Å². The molecule has 2 atom stereocenters. The van der Waals surface area contributed by atoms with Crippen LogP contribution in [-0.4, -0.2) is 69.3 Å². The summed E-state index contributed by atoms with van der Waals surface area (Å²) in [6.07, 6.45) is 2.94. The van der Waals surface area contributed by atoms with Crippen LogP contribution in [0.15, 0.2) is 78.4 Å². The van der Waals surface area contributed by atoms with E-state index in [-0.39, 0.29) is 18.0 Å². The van der Waals surface area contributed by atoms with Crippen molar-refractivity contribution in [3.05, 3.63) is 95.1 Å². The highest BCUT2D eigenvalue weighted by Crippen LogP contribution is 2.37. The molecule has 7 heteroatoms. The Bertz CT molecular complexity index is 1420. The molecule has 0 spiro atoms. The van der Waals surface area contributed by atoms with Gasteiger partial charge in [0.15, 0.2) is 0 Å². The van der Waals surface area contributed by atoms with Gasteiger partial charge in [0, 0.05) is 50.0 Å². The fraction of sp³-hybridized carbons (Fsp3) is 0.400. The van der Waals surface area contributed by atoms with Crippen molar-refractivity contribution in [2.24, 2.45) is 0 Å². The highest BCUT2D eigenvalue weighted by Gasteiger charge is 2.41. The lowest BCUT2D eigenvalue weighted by molar-refractivity contribution is -0.128. The van der Waals surface area contributed by atoms with Crippen molar-refractivity contribution in [2.45, 2.75) is 50.9 Å². The van der Waals surface area contributed by atoms with Crippen molar-refractivity contribution < 1.29 is 14.3 Å². The topological polar surface area (TPSA) is 66.1 Å². The first-order valence-corrected chi connectivity index (χ1v) is 15.1. The first-order valence-electron chi connectivity index (χ1n) is 15.1. The van der Waals surface area contributed by atoms with Gasteiger partial charge in [0.25, 0.3) is 5.91 Å². The zero-order valence-electron chi connectivity index (χ0n) is 24.9. The summed E-state index contributed by atoms with van der Waals surface area (Å²) in [4.78, 5) is 18.8. The zero-order valence-corrected chi connectivity index (χ0v) is 24.9. The van der Waals surface area contributed by atoms with Crippen molar-refractivity contribution in [3.8, 4) is 11.5 Å². The maximum Gasteiger partial charge on any atom is 0.252 e. The third-order valence-corrected chi connectivity index (χ3v) is 8.83. The van der Waals surface area contributed by atoms with E-state index < -0.39 is 0 Å². The van der Waals surface area contributed by atoms with E-state index in [4.69, 9.17) is 9.47 Å². The monoisotopic (exact) mass is 566 g/mol. The molecule has 2 N–H and O–H groups in total. The number of anilines is 1. The fourth-order valence-electron chi connectivity index (χ4n) is 6.25. The molecule has 7 nitrogen and oxygen atoms in total. The lowest BCUT2D eigenvalue weighted by Gasteiger charge is -2.41. The van der Waals surface area contributed by atoms with Gasteiger partial charge in [-0.25, -0.2) is 0 Å². The lowest BCUT2D eigenvalue weighted by Crippen LogP contribution is -2.60. The van der Waals surface area contributed by atoms with Gasteiger partial charge in [-0.3, -0.25) is 4.79 Å². The number of ether oxygens (including phenoxy) is 2. The van der Waals surface area contributed by atoms with Crippen LogP contribution in [0.2, 0.25) is 0 Å². The third kappa shape index (κ3) is 6.18. The Morgan fingerprint density at radius 3 is 2.50 bits per heavy atom. The van der Waals surface area contributed by atoms with Crippen LogP contribution in [0.5, 0.6) is 11.5 Å². The lowest BCUT2D eigenvalue weighted by atomic mass is 9.83. The molecule has 6 rings (SSSR count). The maximum absolute atomic E-state index is 14.5. The van der Waals surface area contributed by atoms with E-state index in [1.54, 1.807) is 7.11 Å². The number of nitrogens with one attached hydrogen (secondary N) is 2. The van der Waals surface area contributed by atoms with E-state index in [0.29, 0.717) is 19.2 Å². The van der Waals surface area contributed by atoms with Crippen LogP contribution in [0.3, 0.4) is 0 Å². The van der Waals surface area contributed by atoms with Gasteiger partial charge in [-0.15, -0.1) is 0 Å². The number of hydrogen-bond donors (Lipinski definition) is 2. The van der Waals surface area contributed by atoms with E-state index in [1.807, 2.05) is 42.5 Å². The number of hydrogen-bond acceptors (Lipinski definition) is 6. The molecule has 3 aliphatic rings. The van der Waals surface area contributed by atoms with Gasteiger partial charge >= 0.3 is 0 Å². The highest BCUT2D eigenvalue weighted by atomic mass is 16.5. The van der Waals surface area contributed by atoms with Crippen LogP contribution in [0.1, 0.15) is 36.0 Å². The molecule has 1 saturated heterocycles. The molecule has 1 amide bonds. The Hall–Kier alpha value is -3.81. The molecule has 1 saturated carbocycles. The number of fused-ring (bicyclic) bond motifs is 2. The number of amides is 1. The van der Waals surface area contributed by atoms with E-state index in [0.717, 1.165) is 72.7 Å². The number of piperazine rings is 1. The first kappa shape index (κ1) is 28.3. The van der Waals surface area contributed by atoms with Crippen LogP contribution in [0.4, 0.5) is 5.69 Å². The highest BCUT2D eigenvalue weighted by molar-refractivity contribution is 6.03. The second kappa shape index (κ2) is 12.6. The van der Waals surface area contributed by atoms with Crippen molar-refractivity contribution in [1.82, 2.24) is 15.5 Å². The molecule has 220 valence electrons. The van der Waals surface area contributed by atoms with Gasteiger partial charge in [0.2, 0.25) is 0 Å². The van der Waals surface area contributed by atoms with Crippen LogP contribution >= 0.6 is 0 Å². The predicted molar refractivity (Wildman–Crippen MR) is 168 cm³/mol. The molecule has 3 aromatic carbocycles. The predicted octanol–water partition coefficient (Wildman–Crippen LogP) is 4.80. The first-order chi connectivity index (χ1) is 20.5. The van der Waals surface area contributed by atoms with Gasteiger partial charge < -0.3 is 29.9 Å². The number of likely N-dealkylation sites (N-methyl/N-ethyl adjacent to an activating group) is 1. The molecule has 2 aliphatic heterocycles. The fourth-order valence-corrected chi connectivity index (χ4v) is 6.25. The summed E-state index contributed by atoms with van der Waals surface area (Å²) in [5.41, 5.74) is 6.59. The molecule has 2 fully saturated rings. The molecule has 42 heavy (non-hydrogen) atoms. The number of carbonyl (C=O) groups excluding carboxylic acids is 1. The van der Waals surface area contributed by atoms with Crippen LogP contribution < -0.4 is 25.0 Å². The number of methoxy groups -OCH3 is 1. The average molecular weight is 567 g/mol. The number of benzene rings is 3. The van der Waals surface area contributed by atoms with Gasteiger partial charge in [-0.05, 0) is 78.8 Å². The Balaban J connectivity index is 1.22. The van der Waals surface area contributed by atoms with E-state index >= 15 is 0 Å². The van der Waals surface area contributed by atoms with Gasteiger partial charge in [0.05, 0.1) is 19.7 Å². The Morgan fingerprint density at radius 2 is 1.76 bits per heavy atom. The Morgan fingerprint density at radius 1 is 0.976 bits per heavy atom. The normalized spacial score (nSPS) is 19.8. The minimum absolute atomic E-state index is 0.00268. The summed E-state index contributed by atoms with van der Waals surface area (Å²) in [5, 5.41) is 7.28. The number of nitrogens with zero attached hydrogens (tertiary/aromatic N) is 2. The van der Waals surface area contributed by atoms with Crippen LogP contribution in [0, 0.1) is 6.92 Å². The van der Waals surface area contributed by atoms with E-state index in [1.165, 1.54) is 11.3 Å². The van der Waals surface area contributed by atoms with Crippen molar-refractivity contribution in [3.63, 3.8) is 0 Å². The quantitative estimate of drug-likeness (QED) is 0.348. The molecular weight excluding hydrogens is 524 g/mol. The molecule has 2 bridgehead atoms. The van der Waals surface area contributed by atoms with Gasteiger partial charge in [-0.2, -0.15) is 0 Å². The molecule has 0 unspecified atom stereocenters. The molecule has 3 aromatic rings. The second-order valence-electron chi connectivity index (χ2n) is 11.7. The summed E-state index contributed by atoms with van der Waals surface area (Å²) >= 11 is 0. The van der Waals surface area contributed by atoms with E-state index in [2.05, 4.69) is 64.7 Å². The Labute approximate surface area is 249 Å². The minimum atomic E-state index is -0.00268. The molecular formula is C35H42N4O3. The summed E-state index contributed by atoms with van der Waals surface area (Å²) in [5.74, 6) is 1.86. The smallest absolute Gasteiger partial charge is 0.252 e. The van der Waals surface area contributed by atoms with E-state index in [9.17, 15) is 4.79 Å². The molecule has 2 heterocycles. The van der Waals surface area contributed by atoms with Gasteiger partial charge in [-0.1, -0.05) is 42.5 Å². The summed E-state index contributed by atoms with van der Waals surface area (Å²) < 4.78 is 11.7. The molecule has 1 aliphatic carbocycles. The summed E-state index contributed by atoms with van der Waals surface area (Å²) in [7, 11) is 3.78. The average Bonchev–Trinajstić information content (AvgIpc) is 3.86. The molecule has 0 aromatic heterocycles. The standard InChI is InChI=1S/C35H42N4O3/c1-24-26(8-7-11-33(24)41-3)23-39(29-14-15-29)35(40)34-31(20-27-21-36-22-32(34)37-27)25-12-16-30(17-13-25)42-19-18-38(2)28-9-5-4-6-10-28/h4-13,16-17,27,29,32,36-37H,14-15,18-23H2,1-3H3/t27-,32+/m0/s1. The summed E-state index contributed by atoms with van der Waals surface area (Å²) in [6.45, 7) is 5.73. The van der Waals surface area contributed by atoms with Crippen LogP contribution in [0.25, 0.3) is 5.57 Å². The van der Waals surface area contributed by atoms with Gasteiger partial charge in [0.1, 0.15) is 18.1 Å². The Kier molecular flexibility index (Phi) is 8.49. The number of carbonyl (C=O) groups is 1. The number of para-hydroxylation sites is 1. The summed E-state index contributed by atoms with van der Waals surface area (Å²) in [6, 6.07) is 25.4. The molecule has 0 radical (unpaired) electrons. The van der Waals surface area contributed by atoms with Crippen molar-refractivity contribution in [2.75, 3.05) is 45.3 Å². The second-order valence-corrected chi connectivity index (χ2v) is 11.7. The third-order valence-electron chi connectivity index (χ3n) is 8.83. The van der Waals surface area contributed by atoms with Crippen molar-refractivity contribution >= 4 is 17.2 Å². The minimum Gasteiger partial charge on any atom is -0.496 e.